The van der Waals surface area contributed by atoms with Gasteiger partial charge in [-0.3, -0.25) is 4.79 Å². The second kappa shape index (κ2) is 10.5. The SMILES string of the molecule is O=C(Nc1cnc2ccc(N3C[C@@H](F)C[C@@H]3c3cc(F)ccc3F)nn12)c1c(Cl)cc(N2CC[C@H](O)C2)cc1Cl. The minimum Gasteiger partial charge on any atom is -0.391 e. The summed E-state index contributed by atoms with van der Waals surface area (Å²) in [6, 6.07) is 8.81. The first kappa shape index (κ1) is 26.7. The summed E-state index contributed by atoms with van der Waals surface area (Å²) in [6.45, 7) is 1.02. The van der Waals surface area contributed by atoms with Crippen LogP contribution < -0.4 is 15.1 Å². The van der Waals surface area contributed by atoms with Gasteiger partial charge in [-0.2, -0.15) is 4.52 Å². The van der Waals surface area contributed by atoms with Gasteiger partial charge >= 0.3 is 0 Å². The van der Waals surface area contributed by atoms with E-state index in [9.17, 15) is 23.1 Å². The summed E-state index contributed by atoms with van der Waals surface area (Å²) < 4.78 is 44.4. The zero-order valence-electron chi connectivity index (χ0n) is 20.9. The van der Waals surface area contributed by atoms with Gasteiger partial charge in [-0.15, -0.1) is 5.10 Å². The number of alkyl halides is 1. The summed E-state index contributed by atoms with van der Waals surface area (Å²) in [5.74, 6) is -1.36. The summed E-state index contributed by atoms with van der Waals surface area (Å²) in [7, 11) is 0. The van der Waals surface area contributed by atoms with Crippen molar-refractivity contribution >= 4 is 52.1 Å². The predicted molar refractivity (Wildman–Crippen MR) is 146 cm³/mol. The van der Waals surface area contributed by atoms with Crippen LogP contribution in [-0.2, 0) is 0 Å². The number of aromatic nitrogens is 3. The van der Waals surface area contributed by atoms with E-state index < -0.39 is 35.9 Å². The molecular formula is C27H23Cl2F3N6O2. The molecule has 0 aliphatic carbocycles. The molecule has 2 N–H and O–H groups in total. The fourth-order valence-corrected chi connectivity index (χ4v) is 5.97. The molecule has 8 nitrogen and oxygen atoms in total. The Kier molecular flexibility index (Phi) is 6.97. The topological polar surface area (TPSA) is 86.0 Å². The average molecular weight is 591 g/mol. The van der Waals surface area contributed by atoms with E-state index in [1.54, 1.807) is 29.2 Å². The van der Waals surface area contributed by atoms with E-state index in [0.29, 0.717) is 36.7 Å². The Morgan fingerprint density at radius 2 is 1.85 bits per heavy atom. The van der Waals surface area contributed by atoms with Crippen molar-refractivity contribution in [2.75, 3.05) is 34.8 Å². The maximum atomic E-state index is 14.6. The number of fused-ring (bicyclic) bond motifs is 1. The third-order valence-corrected chi connectivity index (χ3v) is 7.83. The Bertz CT molecular complexity index is 1600. The average Bonchev–Trinajstić information content (AvgIpc) is 3.63. The van der Waals surface area contributed by atoms with Crippen molar-refractivity contribution in [2.45, 2.75) is 31.2 Å². The number of aliphatic hydroxyl groups excluding tert-OH is 1. The van der Waals surface area contributed by atoms with Gasteiger partial charge in [0, 0.05) is 30.8 Å². The largest absolute Gasteiger partial charge is 0.391 e. The van der Waals surface area contributed by atoms with E-state index in [-0.39, 0.29) is 40.0 Å². The van der Waals surface area contributed by atoms with E-state index in [1.807, 2.05) is 4.90 Å². The van der Waals surface area contributed by atoms with Crippen LogP contribution in [0.1, 0.15) is 34.8 Å². The van der Waals surface area contributed by atoms with Crippen LogP contribution in [0.5, 0.6) is 0 Å². The summed E-state index contributed by atoms with van der Waals surface area (Å²) in [5, 5.41) is 17.3. The molecule has 1 amide bonds. The Hall–Kier alpha value is -3.54. The zero-order chi connectivity index (χ0) is 28.1. The molecule has 6 rings (SSSR count). The van der Waals surface area contributed by atoms with Crippen molar-refractivity contribution in [1.29, 1.82) is 0 Å². The number of benzene rings is 2. The van der Waals surface area contributed by atoms with E-state index in [2.05, 4.69) is 15.4 Å². The Morgan fingerprint density at radius 3 is 2.58 bits per heavy atom. The number of nitrogens with zero attached hydrogens (tertiary/aromatic N) is 5. The third-order valence-electron chi connectivity index (χ3n) is 7.23. The van der Waals surface area contributed by atoms with Crippen molar-refractivity contribution < 1.29 is 23.1 Å². The summed E-state index contributed by atoms with van der Waals surface area (Å²) in [6.07, 6.45) is 0.284. The van der Waals surface area contributed by atoms with E-state index in [4.69, 9.17) is 23.2 Å². The van der Waals surface area contributed by atoms with Crippen LogP contribution in [0.4, 0.5) is 30.5 Å². The van der Waals surface area contributed by atoms with Gasteiger partial charge in [-0.05, 0) is 48.9 Å². The monoisotopic (exact) mass is 590 g/mol. The summed E-state index contributed by atoms with van der Waals surface area (Å²) >= 11 is 12.9. The molecule has 2 aromatic heterocycles. The second-order valence-corrected chi connectivity index (χ2v) is 10.7. The molecule has 2 saturated heterocycles. The van der Waals surface area contributed by atoms with Gasteiger partial charge in [0.15, 0.2) is 11.5 Å². The number of anilines is 3. The minimum absolute atomic E-state index is 0.0308. The second-order valence-electron chi connectivity index (χ2n) is 9.90. The third kappa shape index (κ3) is 4.93. The van der Waals surface area contributed by atoms with Gasteiger partial charge in [-0.25, -0.2) is 18.2 Å². The molecule has 0 bridgehead atoms. The van der Waals surface area contributed by atoms with Crippen LogP contribution in [-0.4, -0.2) is 57.5 Å². The first-order valence-corrected chi connectivity index (χ1v) is 13.4. The fourth-order valence-electron chi connectivity index (χ4n) is 5.32. The molecule has 2 aliphatic heterocycles. The number of nitrogens with one attached hydrogen (secondary N) is 1. The van der Waals surface area contributed by atoms with Crippen molar-refractivity contribution in [1.82, 2.24) is 14.6 Å². The van der Waals surface area contributed by atoms with E-state index >= 15 is 0 Å². The Balaban J connectivity index is 1.29. The number of carbonyl (C=O) groups is 1. The van der Waals surface area contributed by atoms with Crippen LogP contribution in [0.3, 0.4) is 0 Å². The smallest absolute Gasteiger partial charge is 0.259 e. The number of imidazole rings is 1. The van der Waals surface area contributed by atoms with Crippen molar-refractivity contribution in [2.24, 2.45) is 0 Å². The number of halogens is 5. The first-order chi connectivity index (χ1) is 19.2. The highest BCUT2D eigenvalue weighted by atomic mass is 35.5. The molecule has 0 spiro atoms. The quantitative estimate of drug-likeness (QED) is 0.322. The Labute approximate surface area is 236 Å². The fraction of sp³-hybridized carbons (Fsp3) is 0.296. The lowest BCUT2D eigenvalue weighted by molar-refractivity contribution is 0.102. The number of aliphatic hydroxyl groups is 1. The number of β-amino-alcohol motifs (C(OH)–C–C–N with tert-alkyl or cyclic N) is 1. The molecule has 0 unspecified atom stereocenters. The lowest BCUT2D eigenvalue weighted by atomic mass is 10.0. The predicted octanol–water partition coefficient (Wildman–Crippen LogP) is 5.43. The van der Waals surface area contributed by atoms with Crippen LogP contribution in [0.25, 0.3) is 5.65 Å². The first-order valence-electron chi connectivity index (χ1n) is 12.6. The number of hydrogen-bond acceptors (Lipinski definition) is 6. The molecular weight excluding hydrogens is 568 g/mol. The summed E-state index contributed by atoms with van der Waals surface area (Å²) in [4.78, 5) is 21.0. The lowest BCUT2D eigenvalue weighted by Crippen LogP contribution is -2.26. The van der Waals surface area contributed by atoms with Gasteiger partial charge < -0.3 is 20.2 Å². The maximum absolute atomic E-state index is 14.6. The molecule has 0 radical (unpaired) electrons. The maximum Gasteiger partial charge on any atom is 0.259 e. The van der Waals surface area contributed by atoms with Crippen molar-refractivity contribution in [3.05, 3.63) is 81.5 Å². The van der Waals surface area contributed by atoms with Gasteiger partial charge in [0.2, 0.25) is 0 Å². The lowest BCUT2D eigenvalue weighted by Gasteiger charge is -2.26. The van der Waals surface area contributed by atoms with Gasteiger partial charge in [-0.1, -0.05) is 23.2 Å². The number of hydrogen-bond donors (Lipinski definition) is 2. The summed E-state index contributed by atoms with van der Waals surface area (Å²) in [5.41, 5.74) is 1.19. The number of rotatable bonds is 5. The molecule has 0 saturated carbocycles. The molecule has 4 heterocycles. The van der Waals surface area contributed by atoms with Crippen LogP contribution in [0.15, 0.2) is 48.7 Å². The molecule has 13 heteroatoms. The van der Waals surface area contributed by atoms with Crippen LogP contribution in [0, 0.1) is 11.6 Å². The van der Waals surface area contributed by atoms with Crippen molar-refractivity contribution in [3.63, 3.8) is 0 Å². The highest BCUT2D eigenvalue weighted by molar-refractivity contribution is 6.40. The highest BCUT2D eigenvalue weighted by Crippen LogP contribution is 2.38. The van der Waals surface area contributed by atoms with Crippen molar-refractivity contribution in [3.8, 4) is 0 Å². The molecule has 2 aromatic carbocycles. The normalized spacial score (nSPS) is 21.0. The standard InChI is InChI=1S/C27H23Cl2F3N6O2/c28-19-9-16(36-6-5-17(39)13-36)10-20(29)26(19)27(40)34-25-11-33-23-3-4-24(35-38(23)25)37-12-15(31)8-22(37)18-7-14(30)1-2-21(18)32/h1-4,7,9-11,15,17,22,39H,5-6,8,12-13H2,(H,34,40)/t15-,17-,22+/m0/s1. The van der Waals surface area contributed by atoms with Gasteiger partial charge in [0.05, 0.1) is 40.5 Å². The molecule has 4 aromatic rings. The molecule has 2 aliphatic rings. The van der Waals surface area contributed by atoms with E-state index in [0.717, 1.165) is 18.2 Å². The Morgan fingerprint density at radius 1 is 1.07 bits per heavy atom. The van der Waals surface area contributed by atoms with Crippen LogP contribution in [0.2, 0.25) is 10.0 Å². The zero-order valence-corrected chi connectivity index (χ0v) is 22.4. The van der Waals surface area contributed by atoms with Gasteiger partial charge in [0.1, 0.15) is 23.6 Å². The van der Waals surface area contributed by atoms with Gasteiger partial charge in [0.25, 0.3) is 5.91 Å². The van der Waals surface area contributed by atoms with E-state index in [1.165, 1.54) is 10.7 Å². The molecule has 2 fully saturated rings. The highest BCUT2D eigenvalue weighted by Gasteiger charge is 2.36. The molecule has 3 atom stereocenters. The number of carbonyl (C=O) groups excluding carboxylic acids is 1. The van der Waals surface area contributed by atoms with Crippen LogP contribution >= 0.6 is 23.2 Å². The molecule has 208 valence electrons. The molecule has 40 heavy (non-hydrogen) atoms. The minimum atomic E-state index is -1.27. The number of amides is 1.